The molecule has 190 valence electrons. The third kappa shape index (κ3) is 3.72. The molecular weight excluding hydrogens is 456 g/mol. The van der Waals surface area contributed by atoms with Crippen LogP contribution in [0.5, 0.6) is 0 Å². The molecule has 0 N–H and O–H groups in total. The average Bonchev–Trinajstić information content (AvgIpc) is 3.39. The maximum atomic E-state index is 13.8. The topological polar surface area (TPSA) is 44.1 Å². The molecule has 35 heavy (non-hydrogen) atoms. The highest BCUT2D eigenvalue weighted by Crippen LogP contribution is 2.68. The number of methoxy groups -OCH3 is 1. The molecule has 0 radical (unpaired) electrons. The molecule has 0 bridgehead atoms. The number of hydrogen-bond donors (Lipinski definition) is 0. The number of Topliss-reactive ketones (excluding diaryl/α,β-unsaturated/α-hetero) is 1. The minimum absolute atomic E-state index is 0.127. The largest absolute Gasteiger partial charge is 0.384 e. The summed E-state index contributed by atoms with van der Waals surface area (Å²) >= 11 is 6.24. The Bertz CT molecular complexity index is 1110. The van der Waals surface area contributed by atoms with Gasteiger partial charge in [0.15, 0.2) is 5.78 Å². The Labute approximate surface area is 215 Å². The number of ether oxygens (including phenoxy) is 1. The van der Waals surface area contributed by atoms with Crippen LogP contribution in [0.15, 0.2) is 24.4 Å². The van der Waals surface area contributed by atoms with E-state index in [4.69, 9.17) is 16.3 Å². The Kier molecular flexibility index (Phi) is 6.08. The predicted octanol–water partition coefficient (Wildman–Crippen LogP) is 7.18. The maximum absolute atomic E-state index is 13.8. The predicted molar refractivity (Wildman–Crippen MR) is 140 cm³/mol. The third-order valence-electron chi connectivity index (χ3n) is 11.3. The summed E-state index contributed by atoms with van der Waals surface area (Å²) in [6.07, 6.45) is 13.4. The fourth-order valence-electron chi connectivity index (χ4n) is 9.77. The van der Waals surface area contributed by atoms with Gasteiger partial charge < -0.3 is 4.74 Å². The number of aromatic nitrogens is 2. The molecule has 1 aromatic carbocycles. The molecule has 0 amide bonds. The first-order valence-electron chi connectivity index (χ1n) is 14.0. The van der Waals surface area contributed by atoms with Crippen molar-refractivity contribution in [1.29, 1.82) is 0 Å². The summed E-state index contributed by atoms with van der Waals surface area (Å²) in [7, 11) is 1.91. The fraction of sp³-hybridized carbons (Fsp3) is 0.733. The minimum atomic E-state index is 0.127. The molecule has 6 rings (SSSR count). The van der Waals surface area contributed by atoms with Crippen LogP contribution in [0.1, 0.15) is 71.6 Å². The number of hydrogen-bond acceptors (Lipinski definition) is 3. The van der Waals surface area contributed by atoms with Gasteiger partial charge in [-0.1, -0.05) is 31.9 Å². The van der Waals surface area contributed by atoms with Crippen molar-refractivity contribution in [2.75, 3.05) is 13.7 Å². The molecule has 0 spiro atoms. The van der Waals surface area contributed by atoms with Gasteiger partial charge in [-0.15, -0.1) is 0 Å². The van der Waals surface area contributed by atoms with Crippen LogP contribution < -0.4 is 0 Å². The van der Waals surface area contributed by atoms with E-state index in [1.807, 2.05) is 36.2 Å². The normalized spacial score (nSPS) is 40.8. The third-order valence-corrected chi connectivity index (χ3v) is 11.6. The van der Waals surface area contributed by atoms with Crippen LogP contribution in [0.3, 0.4) is 0 Å². The van der Waals surface area contributed by atoms with Gasteiger partial charge in [-0.05, 0) is 110 Å². The van der Waals surface area contributed by atoms with Crippen LogP contribution in [0, 0.1) is 46.3 Å². The minimum Gasteiger partial charge on any atom is -0.384 e. The Balaban J connectivity index is 1.24. The lowest BCUT2D eigenvalue weighted by molar-refractivity contribution is -0.154. The molecule has 8 atom stereocenters. The second-order valence-corrected chi connectivity index (χ2v) is 13.3. The fourth-order valence-corrected chi connectivity index (χ4v) is 9.94. The lowest BCUT2D eigenvalue weighted by atomic mass is 9.44. The summed E-state index contributed by atoms with van der Waals surface area (Å²) in [6.45, 7) is 6.20. The molecule has 5 heteroatoms. The molecule has 8 unspecified atom stereocenters. The molecule has 4 aliphatic carbocycles. The highest BCUT2D eigenvalue weighted by Gasteiger charge is 2.62. The number of halogens is 1. The number of nitrogens with zero attached hydrogens (tertiary/aromatic N) is 2. The average molecular weight is 497 g/mol. The number of benzene rings is 1. The summed E-state index contributed by atoms with van der Waals surface area (Å²) in [5.41, 5.74) is 1.46. The zero-order valence-corrected chi connectivity index (χ0v) is 22.4. The van der Waals surface area contributed by atoms with Crippen molar-refractivity contribution in [3.8, 4) is 0 Å². The highest BCUT2D eigenvalue weighted by molar-refractivity contribution is 6.31. The Hall–Kier alpha value is -1.39. The Morgan fingerprint density at radius 3 is 2.83 bits per heavy atom. The van der Waals surface area contributed by atoms with Gasteiger partial charge in [0, 0.05) is 23.4 Å². The van der Waals surface area contributed by atoms with Crippen molar-refractivity contribution < 1.29 is 9.53 Å². The zero-order chi connectivity index (χ0) is 24.4. The molecule has 4 saturated carbocycles. The van der Waals surface area contributed by atoms with Gasteiger partial charge in [0.05, 0.1) is 18.3 Å². The van der Waals surface area contributed by atoms with E-state index in [9.17, 15) is 4.79 Å². The van der Waals surface area contributed by atoms with Crippen LogP contribution in [-0.2, 0) is 16.1 Å². The van der Waals surface area contributed by atoms with Gasteiger partial charge in [-0.3, -0.25) is 9.48 Å². The number of carbonyl (C=O) groups is 1. The number of rotatable bonds is 5. The second-order valence-electron chi connectivity index (χ2n) is 12.8. The number of ketones is 1. The van der Waals surface area contributed by atoms with E-state index in [1.54, 1.807) is 0 Å². The van der Waals surface area contributed by atoms with Crippen molar-refractivity contribution >= 4 is 28.3 Å². The summed E-state index contributed by atoms with van der Waals surface area (Å²) in [4.78, 5) is 13.8. The summed E-state index contributed by atoms with van der Waals surface area (Å²) in [6, 6.07) is 5.80. The molecule has 4 aliphatic rings. The van der Waals surface area contributed by atoms with Crippen molar-refractivity contribution in [1.82, 2.24) is 9.78 Å². The Morgan fingerprint density at radius 1 is 1.14 bits per heavy atom. The Morgan fingerprint density at radius 2 is 2.00 bits per heavy atom. The van der Waals surface area contributed by atoms with Gasteiger partial charge in [-0.25, -0.2) is 0 Å². The number of fused-ring (bicyclic) bond motifs is 6. The lowest BCUT2D eigenvalue weighted by Gasteiger charge is -2.61. The molecule has 4 nitrogen and oxygen atoms in total. The van der Waals surface area contributed by atoms with Crippen molar-refractivity contribution in [2.24, 2.45) is 46.3 Å². The van der Waals surface area contributed by atoms with Gasteiger partial charge in [0.2, 0.25) is 0 Å². The van der Waals surface area contributed by atoms with Crippen molar-refractivity contribution in [2.45, 2.75) is 78.2 Å². The molecular formula is C30H41ClN2O2. The van der Waals surface area contributed by atoms with Gasteiger partial charge >= 0.3 is 0 Å². The molecule has 1 heterocycles. The monoisotopic (exact) mass is 496 g/mol. The maximum Gasteiger partial charge on any atom is 0.157 e. The first-order chi connectivity index (χ1) is 16.9. The second kappa shape index (κ2) is 8.87. The zero-order valence-electron chi connectivity index (χ0n) is 21.6. The van der Waals surface area contributed by atoms with Crippen LogP contribution in [0.2, 0.25) is 5.02 Å². The molecule has 4 fully saturated rings. The van der Waals surface area contributed by atoms with Gasteiger partial charge in [-0.2, -0.15) is 5.10 Å². The van der Waals surface area contributed by atoms with Crippen LogP contribution in [-0.4, -0.2) is 29.3 Å². The molecule has 1 aromatic heterocycles. The molecule has 0 aliphatic heterocycles. The van der Waals surface area contributed by atoms with Crippen LogP contribution in [0.4, 0.5) is 0 Å². The van der Waals surface area contributed by atoms with E-state index >= 15 is 0 Å². The SMILES string of the molecule is COCC12CCC(C)CC1CCC1C3CCC(C(=O)Cn4ncc5ccc(Cl)cc54)C3(C)CCC12. The smallest absolute Gasteiger partial charge is 0.157 e. The highest BCUT2D eigenvalue weighted by atomic mass is 35.5. The van der Waals surface area contributed by atoms with Gasteiger partial charge in [0.1, 0.15) is 6.54 Å². The summed E-state index contributed by atoms with van der Waals surface area (Å²) in [5, 5.41) is 6.28. The van der Waals surface area contributed by atoms with Crippen LogP contribution in [0.25, 0.3) is 10.9 Å². The number of carbonyl (C=O) groups excluding carboxylic acids is 1. The van der Waals surface area contributed by atoms with Crippen molar-refractivity contribution in [3.05, 3.63) is 29.4 Å². The van der Waals surface area contributed by atoms with E-state index in [1.165, 1.54) is 51.4 Å². The van der Waals surface area contributed by atoms with Crippen molar-refractivity contribution in [3.63, 3.8) is 0 Å². The van der Waals surface area contributed by atoms with Gasteiger partial charge in [0.25, 0.3) is 0 Å². The van der Waals surface area contributed by atoms with Crippen LogP contribution >= 0.6 is 11.6 Å². The summed E-state index contributed by atoms with van der Waals surface area (Å²) < 4.78 is 7.82. The van der Waals surface area contributed by atoms with E-state index < -0.39 is 0 Å². The van der Waals surface area contributed by atoms with E-state index in [-0.39, 0.29) is 11.3 Å². The first kappa shape index (κ1) is 24.0. The van der Waals surface area contributed by atoms with E-state index in [0.29, 0.717) is 28.7 Å². The van der Waals surface area contributed by atoms with E-state index in [2.05, 4.69) is 18.9 Å². The molecule has 0 saturated heterocycles. The quantitative estimate of drug-likeness (QED) is 0.440. The summed E-state index contributed by atoms with van der Waals surface area (Å²) in [5.74, 6) is 4.41. The standard InChI is InChI=1S/C30H41ClN2O2/c1-19-10-13-30(18-35-3)21(14-19)5-7-23-24-8-9-26(29(24,2)12-11-25(23)30)28(34)17-33-27-15-22(31)6-4-20(27)16-32-33/h4,6,15-16,19,21,23-26H,5,7-14,17-18H2,1-3H3. The lowest BCUT2D eigenvalue weighted by Crippen LogP contribution is -2.56. The first-order valence-corrected chi connectivity index (χ1v) is 14.4. The molecule has 2 aromatic rings. The van der Waals surface area contributed by atoms with E-state index in [0.717, 1.165) is 47.6 Å².